The molecule has 0 spiro atoms. The Hall–Kier alpha value is -0.723. The van der Waals surface area contributed by atoms with Crippen LogP contribution < -0.4 is 0 Å². The summed E-state index contributed by atoms with van der Waals surface area (Å²) in [6.07, 6.45) is 4.54. The Morgan fingerprint density at radius 3 is 1.88 bits per heavy atom. The highest BCUT2D eigenvalue weighted by molar-refractivity contribution is 6.75. The van der Waals surface area contributed by atoms with E-state index in [0.717, 1.165) is 32.7 Å². The summed E-state index contributed by atoms with van der Waals surface area (Å²) in [7, 11) is 0.637. The van der Waals surface area contributed by atoms with Gasteiger partial charge >= 0.3 is 0 Å². The van der Waals surface area contributed by atoms with Crippen LogP contribution in [0.5, 0.6) is 0 Å². The quantitative estimate of drug-likeness (QED) is 0.233. The van der Waals surface area contributed by atoms with Gasteiger partial charge in [-0.1, -0.05) is 62.3 Å². The van der Waals surface area contributed by atoms with Crippen molar-refractivity contribution in [3.8, 4) is 0 Å². The molecule has 5 heteroatoms. The Bertz CT molecular complexity index is 442. The van der Waals surface area contributed by atoms with Crippen molar-refractivity contribution in [2.24, 2.45) is 0 Å². The number of hydrogen-bond acceptors (Lipinski definition) is 4. The van der Waals surface area contributed by atoms with Gasteiger partial charge in [-0.2, -0.15) is 0 Å². The van der Waals surface area contributed by atoms with Crippen molar-refractivity contribution in [3.63, 3.8) is 0 Å². The van der Waals surface area contributed by atoms with E-state index in [1.54, 1.807) is 7.11 Å². The molecule has 0 fully saturated rings. The largest absolute Gasteiger partial charge is 0.382 e. The highest BCUT2D eigenvalue weighted by Gasteiger charge is 2.13. The highest BCUT2D eigenvalue weighted by Crippen LogP contribution is 2.13. The van der Waals surface area contributed by atoms with Crippen molar-refractivity contribution in [1.82, 2.24) is 0 Å². The van der Waals surface area contributed by atoms with E-state index in [1.807, 2.05) is 0 Å². The first-order valence-electron chi connectivity index (χ1n) is 9.81. The average Bonchev–Trinajstić information content (AvgIpc) is 2.59. The van der Waals surface area contributed by atoms with Crippen molar-refractivity contribution in [1.29, 1.82) is 0 Å². The van der Waals surface area contributed by atoms with Gasteiger partial charge in [0.15, 0.2) is 0 Å². The summed E-state index contributed by atoms with van der Waals surface area (Å²) in [6, 6.07) is 10.2. The van der Waals surface area contributed by atoms with Gasteiger partial charge in [-0.25, -0.2) is 0 Å². The summed E-state index contributed by atoms with van der Waals surface area (Å²) in [4.78, 5) is 0. The van der Waals surface area contributed by atoms with Gasteiger partial charge in [0.2, 0.25) is 0 Å². The van der Waals surface area contributed by atoms with Crippen molar-refractivity contribution in [3.05, 3.63) is 35.4 Å². The minimum atomic E-state index is -1.03. The van der Waals surface area contributed by atoms with E-state index in [9.17, 15) is 0 Å². The summed E-state index contributed by atoms with van der Waals surface area (Å²) >= 11 is 0. The van der Waals surface area contributed by atoms with Crippen LogP contribution in [0.3, 0.4) is 0 Å². The molecular weight excluding hydrogens is 344 g/mol. The Labute approximate surface area is 161 Å². The fraction of sp³-hybridized carbons (Fsp3) is 0.714. The Kier molecular flexibility index (Phi) is 12.9. The van der Waals surface area contributed by atoms with E-state index in [-0.39, 0.29) is 0 Å². The molecule has 0 unspecified atom stereocenters. The SMILES string of the molecule is COCCOCOCCCCCCOCc1ccc(C[Si](C)(C)C)cc1. The highest BCUT2D eigenvalue weighted by atomic mass is 28.3. The number of methoxy groups -OCH3 is 1. The number of rotatable bonds is 16. The summed E-state index contributed by atoms with van der Waals surface area (Å²) in [6.45, 7) is 11.1. The van der Waals surface area contributed by atoms with Gasteiger partial charge in [-0.15, -0.1) is 0 Å². The van der Waals surface area contributed by atoms with Crippen LogP contribution in [-0.2, 0) is 31.6 Å². The minimum absolute atomic E-state index is 0.364. The van der Waals surface area contributed by atoms with E-state index in [0.29, 0.717) is 20.0 Å². The molecule has 0 aromatic heterocycles. The topological polar surface area (TPSA) is 36.9 Å². The lowest BCUT2D eigenvalue weighted by Gasteiger charge is -2.15. The van der Waals surface area contributed by atoms with Gasteiger partial charge in [-0.3, -0.25) is 0 Å². The van der Waals surface area contributed by atoms with Crippen LogP contribution in [0.15, 0.2) is 24.3 Å². The Morgan fingerprint density at radius 1 is 0.692 bits per heavy atom. The lowest BCUT2D eigenvalue weighted by molar-refractivity contribution is -0.0664. The number of benzene rings is 1. The first-order valence-corrected chi connectivity index (χ1v) is 13.5. The zero-order chi connectivity index (χ0) is 19.1. The third-order valence-electron chi connectivity index (χ3n) is 3.95. The second kappa shape index (κ2) is 14.3. The van der Waals surface area contributed by atoms with Crippen LogP contribution in [0.25, 0.3) is 0 Å². The molecule has 0 radical (unpaired) electrons. The van der Waals surface area contributed by atoms with Crippen molar-refractivity contribution in [2.75, 3.05) is 40.3 Å². The molecule has 0 heterocycles. The van der Waals surface area contributed by atoms with Gasteiger partial charge in [0.1, 0.15) is 6.79 Å². The monoisotopic (exact) mass is 382 g/mol. The predicted octanol–water partition coefficient (Wildman–Crippen LogP) is 4.82. The van der Waals surface area contributed by atoms with Crippen LogP contribution in [0.4, 0.5) is 0 Å². The lowest BCUT2D eigenvalue weighted by atomic mass is 10.1. The molecule has 1 rings (SSSR count). The van der Waals surface area contributed by atoms with Gasteiger partial charge < -0.3 is 18.9 Å². The molecular formula is C21H38O4Si. The summed E-state index contributed by atoms with van der Waals surface area (Å²) < 4.78 is 21.3. The van der Waals surface area contributed by atoms with E-state index in [2.05, 4.69) is 43.9 Å². The van der Waals surface area contributed by atoms with Crippen molar-refractivity contribution < 1.29 is 18.9 Å². The fourth-order valence-electron chi connectivity index (χ4n) is 2.64. The summed E-state index contributed by atoms with van der Waals surface area (Å²) in [5.41, 5.74) is 2.73. The van der Waals surface area contributed by atoms with Crippen LogP contribution in [0.1, 0.15) is 36.8 Å². The van der Waals surface area contributed by atoms with E-state index < -0.39 is 8.07 Å². The molecule has 26 heavy (non-hydrogen) atoms. The van der Waals surface area contributed by atoms with E-state index in [4.69, 9.17) is 18.9 Å². The van der Waals surface area contributed by atoms with Crippen LogP contribution in [0.2, 0.25) is 19.6 Å². The minimum Gasteiger partial charge on any atom is -0.382 e. The average molecular weight is 383 g/mol. The van der Waals surface area contributed by atoms with Crippen LogP contribution in [0, 0.1) is 0 Å². The van der Waals surface area contributed by atoms with Crippen molar-refractivity contribution >= 4 is 8.07 Å². The van der Waals surface area contributed by atoms with Crippen LogP contribution >= 0.6 is 0 Å². The molecule has 0 aliphatic rings. The van der Waals surface area contributed by atoms with Gasteiger partial charge in [0, 0.05) is 28.4 Å². The maximum absolute atomic E-state index is 5.79. The van der Waals surface area contributed by atoms with Crippen LogP contribution in [-0.4, -0.2) is 48.4 Å². The molecule has 1 aromatic rings. The van der Waals surface area contributed by atoms with Gasteiger partial charge in [0.25, 0.3) is 0 Å². The normalized spacial score (nSPS) is 11.8. The second-order valence-corrected chi connectivity index (χ2v) is 13.4. The number of ether oxygens (including phenoxy) is 4. The Morgan fingerprint density at radius 2 is 1.27 bits per heavy atom. The molecule has 150 valence electrons. The Balaban J connectivity index is 1.93. The second-order valence-electron chi connectivity index (χ2n) is 7.95. The standard InChI is InChI=1S/C21H38O4Si/c1-22-15-16-25-19-24-14-8-6-5-7-13-23-17-20-9-11-21(12-10-20)18-26(2,3)4/h9-12H,5-8,13-19H2,1-4H3. The molecule has 0 amide bonds. The fourth-order valence-corrected chi connectivity index (χ4v) is 4.10. The zero-order valence-corrected chi connectivity index (χ0v) is 18.2. The van der Waals surface area contributed by atoms with Crippen molar-refractivity contribution in [2.45, 2.75) is 58.0 Å². The molecule has 0 saturated carbocycles. The maximum Gasteiger partial charge on any atom is 0.146 e. The molecule has 0 saturated heterocycles. The molecule has 0 aliphatic heterocycles. The third-order valence-corrected chi connectivity index (χ3v) is 5.42. The van der Waals surface area contributed by atoms with Gasteiger partial charge in [-0.05, 0) is 24.4 Å². The lowest BCUT2D eigenvalue weighted by Crippen LogP contribution is -2.23. The number of unbranched alkanes of at least 4 members (excludes halogenated alkanes) is 3. The molecule has 1 aromatic carbocycles. The maximum atomic E-state index is 5.79. The van der Waals surface area contributed by atoms with E-state index in [1.165, 1.54) is 30.0 Å². The molecule has 0 aliphatic carbocycles. The molecule has 0 N–H and O–H groups in total. The molecule has 4 nitrogen and oxygen atoms in total. The first kappa shape index (κ1) is 23.3. The molecule has 0 atom stereocenters. The van der Waals surface area contributed by atoms with E-state index >= 15 is 0 Å². The van der Waals surface area contributed by atoms with Gasteiger partial charge in [0.05, 0.1) is 19.8 Å². The zero-order valence-electron chi connectivity index (χ0n) is 17.2. The summed E-state index contributed by atoms with van der Waals surface area (Å²) in [5.74, 6) is 0. The summed E-state index contributed by atoms with van der Waals surface area (Å²) in [5, 5.41) is 0. The first-order chi connectivity index (χ1) is 12.5. The smallest absolute Gasteiger partial charge is 0.146 e. The molecule has 0 bridgehead atoms. The third kappa shape index (κ3) is 13.5. The number of hydrogen-bond donors (Lipinski definition) is 0. The predicted molar refractivity (Wildman–Crippen MR) is 110 cm³/mol.